The van der Waals surface area contributed by atoms with Crippen LogP contribution in [0, 0.1) is 5.92 Å². The van der Waals surface area contributed by atoms with Gasteiger partial charge >= 0.3 is 279 Å². The van der Waals surface area contributed by atoms with Crippen molar-refractivity contribution < 1.29 is 17.9 Å². The molecule has 0 fully saturated rings. The van der Waals surface area contributed by atoms with Crippen molar-refractivity contribution in [3.63, 3.8) is 0 Å². The molecule has 0 bridgehead atoms. The van der Waals surface area contributed by atoms with E-state index in [0.29, 0.717) is 11.8 Å². The Kier molecular flexibility index (Phi) is 8.26. The van der Waals surface area contributed by atoms with Crippen molar-refractivity contribution in [2.75, 3.05) is 0 Å². The van der Waals surface area contributed by atoms with Crippen LogP contribution in [0.15, 0.2) is 115 Å². The van der Waals surface area contributed by atoms with Crippen LogP contribution in [0.2, 0.25) is 0 Å². The van der Waals surface area contributed by atoms with Crippen LogP contribution >= 0.6 is 17.0 Å². The van der Waals surface area contributed by atoms with Crippen LogP contribution in [0.4, 0.5) is 0 Å². The third-order valence-electron chi connectivity index (χ3n) is 9.44. The topological polar surface area (TPSA) is 0 Å². The quantitative estimate of drug-likeness (QED) is 0.145. The first kappa shape index (κ1) is 30.2. The van der Waals surface area contributed by atoms with E-state index in [9.17, 15) is 0 Å². The first-order valence-corrected chi connectivity index (χ1v) is 26.3. The maximum absolute atomic E-state index is 7.99. The molecule has 1 atom stereocenters. The summed E-state index contributed by atoms with van der Waals surface area (Å²) in [5.41, 5.74) is 13.3. The van der Waals surface area contributed by atoms with Crippen LogP contribution in [-0.4, -0.2) is 9.52 Å². The monoisotopic (exact) mass is 706 g/mol. The van der Waals surface area contributed by atoms with E-state index in [4.69, 9.17) is 17.0 Å². The molecule has 0 nitrogen and oxygen atoms in total. The van der Waals surface area contributed by atoms with Crippen molar-refractivity contribution in [3.05, 3.63) is 131 Å². The van der Waals surface area contributed by atoms with Gasteiger partial charge < -0.3 is 0 Å². The molecule has 5 aromatic carbocycles. The Bertz CT molecular complexity index is 1900. The summed E-state index contributed by atoms with van der Waals surface area (Å²) in [6, 6.07) is 40.2. The van der Waals surface area contributed by atoms with Crippen molar-refractivity contribution in [2.45, 2.75) is 43.7 Å². The number of fused-ring (bicyclic) bond motifs is 4. The van der Waals surface area contributed by atoms with Crippen molar-refractivity contribution in [3.8, 4) is 33.4 Å². The summed E-state index contributed by atoms with van der Waals surface area (Å²) in [6.07, 6.45) is 3.49. The van der Waals surface area contributed by atoms with Gasteiger partial charge in [0.1, 0.15) is 0 Å². The molecule has 0 saturated carbocycles. The molecule has 1 heterocycles. The molecule has 1 aliphatic heterocycles. The summed E-state index contributed by atoms with van der Waals surface area (Å²) in [5, 5.41) is 2.99. The fourth-order valence-electron chi connectivity index (χ4n) is 7.59. The number of benzene rings is 5. The van der Waals surface area contributed by atoms with Crippen LogP contribution in [0.25, 0.3) is 39.5 Å². The summed E-state index contributed by atoms with van der Waals surface area (Å²) in [6.45, 7) is 9.22. The zero-order chi connectivity index (χ0) is 30.6. The van der Waals surface area contributed by atoms with Gasteiger partial charge in [0.2, 0.25) is 0 Å². The van der Waals surface area contributed by atoms with Crippen molar-refractivity contribution >= 4 is 46.3 Å². The Balaban J connectivity index is 1.47. The first-order valence-electron chi connectivity index (χ1n) is 15.9. The number of allylic oxidation sites excluding steroid dienone is 1. The number of hydrogen-bond acceptors (Lipinski definition) is 0. The number of halogens is 2. The van der Waals surface area contributed by atoms with E-state index >= 15 is 0 Å². The standard InChI is InChI=1S/C28H29.C12H9Si.2ClH.Zr/c1-19(2)16-21-17-23-14-15-25(22-10-6-5-7-11-22)28(27(23)18-21)26-13-9-8-12-24(26)20(3)4;1-3-7-11-9(5-1)10-6-2-4-8-12(10)13-11;;;/h5-15,17-20H,16H2,1-4H3;1-7H,13H2;2*1H;/q;;;;+2/p-2. The van der Waals surface area contributed by atoms with Gasteiger partial charge in [-0.15, -0.1) is 0 Å². The fourth-order valence-corrected chi connectivity index (χ4v) is 24.4. The predicted octanol–water partition coefficient (Wildman–Crippen LogP) is 9.52. The second-order valence-corrected chi connectivity index (χ2v) is 29.0. The number of hydrogen-bond donors (Lipinski definition) is 0. The van der Waals surface area contributed by atoms with E-state index in [2.05, 4.69) is 143 Å². The summed E-state index contributed by atoms with van der Waals surface area (Å²) in [7, 11) is 15.3. The first-order chi connectivity index (χ1) is 21.3. The number of rotatable bonds is 7. The molecule has 44 heavy (non-hydrogen) atoms. The minimum atomic E-state index is -4.08. The van der Waals surface area contributed by atoms with Gasteiger partial charge in [0.25, 0.3) is 0 Å². The third-order valence-corrected chi connectivity index (χ3v) is 23.8. The van der Waals surface area contributed by atoms with Gasteiger partial charge in [-0.3, -0.25) is 0 Å². The van der Waals surface area contributed by atoms with Crippen molar-refractivity contribution in [1.82, 2.24) is 0 Å². The molecule has 0 saturated heterocycles. The molecule has 0 spiro atoms. The predicted molar refractivity (Wildman–Crippen MR) is 193 cm³/mol. The summed E-state index contributed by atoms with van der Waals surface area (Å²) in [5.74, 6) is 0.911. The average Bonchev–Trinajstić information content (AvgIpc) is 3.59. The van der Waals surface area contributed by atoms with Crippen LogP contribution in [0.1, 0.15) is 60.3 Å². The van der Waals surface area contributed by atoms with Crippen molar-refractivity contribution in [1.29, 1.82) is 0 Å². The molecule has 4 heteroatoms. The molecule has 0 aromatic heterocycles. The second-order valence-electron chi connectivity index (χ2n) is 13.1. The summed E-state index contributed by atoms with van der Waals surface area (Å²) in [4.78, 5) is 0. The van der Waals surface area contributed by atoms with Gasteiger partial charge in [0.15, 0.2) is 0 Å². The van der Waals surface area contributed by atoms with E-state index in [0.717, 1.165) is 6.42 Å². The second kappa shape index (κ2) is 12.0. The zero-order valence-electron chi connectivity index (χ0n) is 25.9. The van der Waals surface area contributed by atoms with Crippen molar-refractivity contribution in [2.24, 2.45) is 5.92 Å². The summed E-state index contributed by atoms with van der Waals surface area (Å²) >= 11 is -4.08. The van der Waals surface area contributed by atoms with Crippen LogP contribution in [0.5, 0.6) is 0 Å². The average molecular weight is 709 g/mol. The molecule has 0 amide bonds. The normalized spacial score (nSPS) is 15.9. The Labute approximate surface area is 276 Å². The van der Waals surface area contributed by atoms with Gasteiger partial charge in [-0.05, 0) is 0 Å². The molecule has 5 aromatic rings. The minimum absolute atomic E-state index is 0.0732. The Morgan fingerprint density at radius 3 is 2.11 bits per heavy atom. The van der Waals surface area contributed by atoms with Crippen LogP contribution in [0.3, 0.4) is 0 Å². The van der Waals surface area contributed by atoms with E-state index in [1.807, 2.05) is 0 Å². The van der Waals surface area contributed by atoms with Gasteiger partial charge in [0.05, 0.1) is 0 Å². The van der Waals surface area contributed by atoms with Gasteiger partial charge in [-0.25, -0.2) is 0 Å². The van der Waals surface area contributed by atoms with E-state index in [1.54, 1.807) is 0 Å². The Morgan fingerprint density at radius 2 is 1.36 bits per heavy atom. The molecule has 1 unspecified atom stereocenters. The zero-order valence-corrected chi connectivity index (χ0v) is 31.3. The van der Waals surface area contributed by atoms with E-state index in [-0.39, 0.29) is 3.63 Å². The van der Waals surface area contributed by atoms with Gasteiger partial charge in [-0.1, -0.05) is 0 Å². The molecule has 0 N–H and O–H groups in total. The van der Waals surface area contributed by atoms with Gasteiger partial charge in [0, 0.05) is 0 Å². The maximum atomic E-state index is 7.99. The molecule has 7 rings (SSSR count). The molecular weight excluding hydrogens is 671 g/mol. The Morgan fingerprint density at radius 1 is 0.682 bits per heavy atom. The fraction of sp³-hybridized carbons (Fsp3) is 0.200. The van der Waals surface area contributed by atoms with E-state index in [1.165, 1.54) is 69.3 Å². The molecule has 2 aliphatic rings. The SMILES string of the molecule is CC(C)CC1=Cc2c(ccc(-c3ccccc3)c2-c2ccccc2C(C)C)[CH]1[Zr]([Cl])([Cl])[c]1cccc2c1[SiH2]c1ccccc1-2. The molecule has 1 aliphatic carbocycles. The molecule has 0 radical (unpaired) electrons. The Hall–Kier alpha value is -2.48. The van der Waals surface area contributed by atoms with Crippen LogP contribution < -0.4 is 13.6 Å². The molecular formula is C40H38Cl2SiZr. The van der Waals surface area contributed by atoms with Crippen LogP contribution in [-0.2, 0) is 17.9 Å². The molecule has 220 valence electrons. The van der Waals surface area contributed by atoms with E-state index < -0.39 is 27.4 Å². The third kappa shape index (κ3) is 5.17. The summed E-state index contributed by atoms with van der Waals surface area (Å²) < 4.78 is 1.37. The van der Waals surface area contributed by atoms with Gasteiger partial charge in [-0.2, -0.15) is 0 Å².